The number of nitrogens with one attached hydrogen (secondary N) is 1. The number of nitrogens with zero attached hydrogens (tertiary/aromatic N) is 2. The number of amides is 1. The molecule has 3 N–H and O–H groups in total. The molecule has 142 valence electrons. The van der Waals surface area contributed by atoms with Gasteiger partial charge in [-0.25, -0.2) is 9.66 Å². The molecule has 3 aromatic rings. The summed E-state index contributed by atoms with van der Waals surface area (Å²) in [5.74, 6) is 6.59. The average Bonchev–Trinajstić information content (AvgIpc) is 3.08. The summed E-state index contributed by atoms with van der Waals surface area (Å²) in [4.78, 5) is 29.9. The Morgan fingerprint density at radius 1 is 1.33 bits per heavy atom. The first kappa shape index (κ1) is 19.4. The topological polar surface area (TPSA) is 90.0 Å². The first-order valence-electron chi connectivity index (χ1n) is 8.71. The lowest BCUT2D eigenvalue weighted by molar-refractivity contribution is -0.118. The van der Waals surface area contributed by atoms with Crippen molar-refractivity contribution in [3.63, 3.8) is 0 Å². The second-order valence-corrected chi connectivity index (χ2v) is 8.39. The van der Waals surface area contributed by atoms with Crippen molar-refractivity contribution in [1.29, 1.82) is 0 Å². The van der Waals surface area contributed by atoms with Crippen molar-refractivity contribution < 1.29 is 4.79 Å². The normalized spacial score (nSPS) is 11.2. The highest BCUT2D eigenvalue weighted by Gasteiger charge is 2.17. The molecule has 1 aromatic carbocycles. The molecule has 0 spiro atoms. The minimum Gasteiger partial charge on any atom is -0.355 e. The Morgan fingerprint density at radius 3 is 2.78 bits per heavy atom. The highest BCUT2D eigenvalue weighted by molar-refractivity contribution is 7.99. The standard InChI is InChI=1S/C19H22N4O2S2/c1-12(2)8-9-21-15(24)11-27-19-22-17-16(18(25)23(19)20)14(10-26-17)13-6-4-3-5-7-13/h3-7,10,12H,8-9,11,20H2,1-2H3,(H,21,24). The quantitative estimate of drug-likeness (QED) is 0.360. The zero-order chi connectivity index (χ0) is 19.4. The van der Waals surface area contributed by atoms with Gasteiger partial charge in [0.05, 0.1) is 11.1 Å². The Labute approximate surface area is 165 Å². The molecule has 2 heterocycles. The van der Waals surface area contributed by atoms with Crippen LogP contribution in [-0.2, 0) is 4.79 Å². The van der Waals surface area contributed by atoms with Crippen LogP contribution >= 0.6 is 23.1 Å². The van der Waals surface area contributed by atoms with E-state index in [9.17, 15) is 9.59 Å². The summed E-state index contributed by atoms with van der Waals surface area (Å²) in [6.07, 6.45) is 0.930. The molecule has 0 fully saturated rings. The summed E-state index contributed by atoms with van der Waals surface area (Å²) in [7, 11) is 0. The number of hydrogen-bond acceptors (Lipinski definition) is 6. The Balaban J connectivity index is 1.80. The summed E-state index contributed by atoms with van der Waals surface area (Å²) in [6.45, 7) is 4.86. The zero-order valence-electron chi connectivity index (χ0n) is 15.3. The van der Waals surface area contributed by atoms with E-state index in [0.29, 0.717) is 27.8 Å². The predicted molar refractivity (Wildman–Crippen MR) is 113 cm³/mol. The fraction of sp³-hybridized carbons (Fsp3) is 0.316. The highest BCUT2D eigenvalue weighted by atomic mass is 32.2. The van der Waals surface area contributed by atoms with Crippen molar-refractivity contribution in [2.45, 2.75) is 25.4 Å². The summed E-state index contributed by atoms with van der Waals surface area (Å²) in [5.41, 5.74) is 1.48. The maximum Gasteiger partial charge on any atom is 0.282 e. The third-order valence-electron chi connectivity index (χ3n) is 4.07. The number of fused-ring (bicyclic) bond motifs is 1. The molecule has 0 aliphatic rings. The van der Waals surface area contributed by atoms with Crippen LogP contribution in [0, 0.1) is 5.92 Å². The van der Waals surface area contributed by atoms with E-state index < -0.39 is 0 Å². The molecule has 0 radical (unpaired) electrons. The second-order valence-electron chi connectivity index (χ2n) is 6.59. The van der Waals surface area contributed by atoms with E-state index in [1.807, 2.05) is 35.7 Å². The largest absolute Gasteiger partial charge is 0.355 e. The van der Waals surface area contributed by atoms with Gasteiger partial charge in [-0.15, -0.1) is 11.3 Å². The summed E-state index contributed by atoms with van der Waals surface area (Å²) in [6, 6.07) is 9.68. The molecule has 3 rings (SSSR count). The highest BCUT2D eigenvalue weighted by Crippen LogP contribution is 2.31. The van der Waals surface area contributed by atoms with Crippen molar-refractivity contribution in [3.8, 4) is 11.1 Å². The molecule has 0 aliphatic carbocycles. The van der Waals surface area contributed by atoms with Crippen molar-refractivity contribution in [1.82, 2.24) is 15.0 Å². The van der Waals surface area contributed by atoms with Crippen LogP contribution < -0.4 is 16.7 Å². The number of rotatable bonds is 7. The van der Waals surface area contributed by atoms with Crippen LogP contribution in [0.2, 0.25) is 0 Å². The van der Waals surface area contributed by atoms with Crippen LogP contribution in [0.3, 0.4) is 0 Å². The molecular formula is C19H22N4O2S2. The van der Waals surface area contributed by atoms with Crippen molar-refractivity contribution in [2.75, 3.05) is 18.1 Å². The van der Waals surface area contributed by atoms with E-state index in [0.717, 1.165) is 22.2 Å². The number of thioether (sulfide) groups is 1. The predicted octanol–water partition coefficient (Wildman–Crippen LogP) is 3.09. The SMILES string of the molecule is CC(C)CCNC(=O)CSc1nc2scc(-c3ccccc3)c2c(=O)n1N. The molecule has 27 heavy (non-hydrogen) atoms. The monoisotopic (exact) mass is 402 g/mol. The van der Waals surface area contributed by atoms with E-state index in [2.05, 4.69) is 24.1 Å². The van der Waals surface area contributed by atoms with E-state index in [1.165, 1.54) is 23.1 Å². The summed E-state index contributed by atoms with van der Waals surface area (Å²) in [5, 5.41) is 5.64. The van der Waals surface area contributed by atoms with Crippen LogP contribution in [0.4, 0.5) is 0 Å². The molecule has 6 nitrogen and oxygen atoms in total. The smallest absolute Gasteiger partial charge is 0.282 e. The fourth-order valence-corrected chi connectivity index (χ4v) is 4.33. The van der Waals surface area contributed by atoms with Gasteiger partial charge in [0.2, 0.25) is 5.91 Å². The molecule has 1 amide bonds. The molecule has 0 aliphatic heterocycles. The number of nitrogen functional groups attached to an aromatic ring is 1. The molecule has 8 heteroatoms. The maximum absolute atomic E-state index is 12.8. The Bertz CT molecular complexity index is 996. The third kappa shape index (κ3) is 4.51. The van der Waals surface area contributed by atoms with E-state index in [-0.39, 0.29) is 17.2 Å². The van der Waals surface area contributed by atoms with Gasteiger partial charge in [-0.1, -0.05) is 55.9 Å². The molecule has 0 saturated carbocycles. The molecule has 0 bridgehead atoms. The van der Waals surface area contributed by atoms with Gasteiger partial charge in [0.1, 0.15) is 4.83 Å². The van der Waals surface area contributed by atoms with Crippen LogP contribution in [-0.4, -0.2) is 27.9 Å². The van der Waals surface area contributed by atoms with E-state index in [4.69, 9.17) is 5.84 Å². The Hall–Kier alpha value is -2.32. The van der Waals surface area contributed by atoms with Gasteiger partial charge < -0.3 is 11.2 Å². The van der Waals surface area contributed by atoms with Crippen LogP contribution in [0.15, 0.2) is 45.7 Å². The maximum atomic E-state index is 12.8. The summed E-state index contributed by atoms with van der Waals surface area (Å²) < 4.78 is 1.04. The minimum absolute atomic E-state index is 0.0915. The molecule has 0 unspecified atom stereocenters. The second kappa shape index (κ2) is 8.58. The van der Waals surface area contributed by atoms with Crippen LogP contribution in [0.5, 0.6) is 0 Å². The zero-order valence-corrected chi connectivity index (χ0v) is 16.9. The first-order valence-corrected chi connectivity index (χ1v) is 10.6. The lowest BCUT2D eigenvalue weighted by Gasteiger charge is -2.09. The van der Waals surface area contributed by atoms with Crippen molar-refractivity contribution >= 4 is 39.2 Å². The third-order valence-corrected chi connectivity index (χ3v) is 5.89. The number of carbonyl (C=O) groups excluding carboxylic acids is 1. The summed E-state index contributed by atoms with van der Waals surface area (Å²) >= 11 is 2.57. The molecule has 0 atom stereocenters. The molecule has 0 saturated heterocycles. The molecule has 2 aromatic heterocycles. The minimum atomic E-state index is -0.303. The van der Waals surface area contributed by atoms with Gasteiger partial charge in [0.25, 0.3) is 5.56 Å². The Morgan fingerprint density at radius 2 is 2.07 bits per heavy atom. The number of hydrogen-bond donors (Lipinski definition) is 2. The fourth-order valence-electron chi connectivity index (χ4n) is 2.60. The number of carbonyl (C=O) groups is 1. The molecular weight excluding hydrogens is 380 g/mol. The van der Waals surface area contributed by atoms with E-state index in [1.54, 1.807) is 0 Å². The van der Waals surface area contributed by atoms with Gasteiger partial charge in [0.15, 0.2) is 5.16 Å². The van der Waals surface area contributed by atoms with Crippen LogP contribution in [0.1, 0.15) is 20.3 Å². The van der Waals surface area contributed by atoms with E-state index >= 15 is 0 Å². The number of aromatic nitrogens is 2. The number of thiophene rings is 1. The van der Waals surface area contributed by atoms with Crippen molar-refractivity contribution in [2.24, 2.45) is 5.92 Å². The number of benzene rings is 1. The Kier molecular flexibility index (Phi) is 6.18. The lowest BCUT2D eigenvalue weighted by atomic mass is 10.1. The number of nitrogens with two attached hydrogens (primary N) is 1. The van der Waals surface area contributed by atoms with Gasteiger partial charge in [0, 0.05) is 17.5 Å². The van der Waals surface area contributed by atoms with Gasteiger partial charge in [-0.05, 0) is 17.9 Å². The van der Waals surface area contributed by atoms with Crippen molar-refractivity contribution in [3.05, 3.63) is 46.1 Å². The van der Waals surface area contributed by atoms with Gasteiger partial charge in [-0.2, -0.15) is 0 Å². The van der Waals surface area contributed by atoms with Gasteiger partial charge in [-0.3, -0.25) is 9.59 Å². The first-order chi connectivity index (χ1) is 13.0. The van der Waals surface area contributed by atoms with Crippen LogP contribution in [0.25, 0.3) is 21.3 Å². The van der Waals surface area contributed by atoms with Gasteiger partial charge >= 0.3 is 0 Å². The average molecular weight is 403 g/mol. The lowest BCUT2D eigenvalue weighted by Crippen LogP contribution is -2.31.